The molecule has 0 aliphatic heterocycles. The molecule has 3 rings (SSSR count). The van der Waals surface area contributed by atoms with Gasteiger partial charge in [0.1, 0.15) is 5.76 Å². The summed E-state index contributed by atoms with van der Waals surface area (Å²) >= 11 is 0. The largest absolute Gasteiger partial charge is 0.464 e. The molecule has 2 heterocycles. The summed E-state index contributed by atoms with van der Waals surface area (Å²) in [5.41, 5.74) is 1.37. The van der Waals surface area contributed by atoms with E-state index in [2.05, 4.69) is 19.9 Å². The van der Waals surface area contributed by atoms with Crippen LogP contribution < -0.4 is 0 Å². The van der Waals surface area contributed by atoms with E-state index in [0.29, 0.717) is 42.2 Å². The summed E-state index contributed by atoms with van der Waals surface area (Å²) in [6.45, 7) is 1.65. The van der Waals surface area contributed by atoms with Crippen molar-refractivity contribution < 1.29 is 18.7 Å². The third kappa shape index (κ3) is 3.69. The van der Waals surface area contributed by atoms with Gasteiger partial charge in [-0.3, -0.25) is 4.79 Å². The molecule has 3 aromatic rings. The zero-order valence-corrected chi connectivity index (χ0v) is 14.5. The molecule has 8 heteroatoms. The Balaban J connectivity index is 1.65. The van der Waals surface area contributed by atoms with E-state index in [1.165, 1.54) is 11.9 Å². The van der Waals surface area contributed by atoms with Gasteiger partial charge in [0.15, 0.2) is 17.4 Å². The van der Waals surface area contributed by atoms with Crippen LogP contribution in [0.15, 0.2) is 41.1 Å². The predicted molar refractivity (Wildman–Crippen MR) is 91.2 cm³/mol. The van der Waals surface area contributed by atoms with Crippen LogP contribution in [0.3, 0.4) is 0 Å². The lowest BCUT2D eigenvalue weighted by molar-refractivity contribution is 0.0592. The van der Waals surface area contributed by atoms with Gasteiger partial charge in [-0.05, 0) is 25.5 Å². The average Bonchev–Trinajstić information content (AvgIpc) is 3.31. The minimum atomic E-state index is -0.533. The molecule has 0 amide bonds. The van der Waals surface area contributed by atoms with Crippen molar-refractivity contribution >= 4 is 11.8 Å². The number of hydrogen-bond acceptors (Lipinski definition) is 7. The summed E-state index contributed by atoms with van der Waals surface area (Å²) < 4.78 is 10.1. The van der Waals surface area contributed by atoms with E-state index in [9.17, 15) is 9.59 Å². The summed E-state index contributed by atoms with van der Waals surface area (Å²) in [5, 5.41) is 8.16. The molecule has 26 heavy (non-hydrogen) atoms. The van der Waals surface area contributed by atoms with Crippen molar-refractivity contribution in [2.75, 3.05) is 7.11 Å². The maximum Gasteiger partial charge on any atom is 0.360 e. The number of Topliss-reactive ketones (excluding diaryl/α,β-unsaturated/α-hetero) is 1. The lowest BCUT2D eigenvalue weighted by Crippen LogP contribution is -2.08. The second-order valence-electron chi connectivity index (χ2n) is 5.62. The number of aryl methyl sites for hydroxylation is 2. The van der Waals surface area contributed by atoms with E-state index in [-0.39, 0.29) is 11.5 Å². The summed E-state index contributed by atoms with van der Waals surface area (Å²) in [7, 11) is 1.29. The second-order valence-corrected chi connectivity index (χ2v) is 5.62. The summed E-state index contributed by atoms with van der Waals surface area (Å²) in [5.74, 6) is 0.273. The molecule has 0 fully saturated rings. The quantitative estimate of drug-likeness (QED) is 0.475. The summed E-state index contributed by atoms with van der Waals surface area (Å²) in [6.07, 6.45) is 4.43. The predicted octanol–water partition coefficient (Wildman–Crippen LogP) is 2.56. The second kappa shape index (κ2) is 7.73. The van der Waals surface area contributed by atoms with Crippen LogP contribution in [-0.2, 0) is 11.2 Å². The van der Waals surface area contributed by atoms with Gasteiger partial charge in [-0.1, -0.05) is 12.1 Å². The van der Waals surface area contributed by atoms with Crippen molar-refractivity contribution in [3.63, 3.8) is 0 Å². The number of benzene rings is 1. The first-order valence-electron chi connectivity index (χ1n) is 8.13. The number of methoxy groups -OCH3 is 1. The molecule has 0 saturated heterocycles. The van der Waals surface area contributed by atoms with Crippen LogP contribution in [0.4, 0.5) is 0 Å². The van der Waals surface area contributed by atoms with Crippen LogP contribution in [-0.4, -0.2) is 38.8 Å². The molecule has 0 N–H and O–H groups in total. The first-order valence-corrected chi connectivity index (χ1v) is 8.13. The minimum absolute atomic E-state index is 0.0191. The van der Waals surface area contributed by atoms with Gasteiger partial charge in [0, 0.05) is 18.4 Å². The molecule has 8 nitrogen and oxygen atoms in total. The van der Waals surface area contributed by atoms with Crippen molar-refractivity contribution in [2.45, 2.75) is 26.2 Å². The van der Waals surface area contributed by atoms with Gasteiger partial charge >= 0.3 is 5.97 Å². The molecular weight excluding hydrogens is 336 g/mol. The number of rotatable bonds is 7. The maximum atomic E-state index is 12.6. The number of ether oxygens (including phenoxy) is 1. The SMILES string of the molecule is COC(=O)c1nc(CCCC(=O)c2ccccc2-n2nccn2)oc1C. The molecule has 0 saturated carbocycles. The number of oxazole rings is 1. The summed E-state index contributed by atoms with van der Waals surface area (Å²) in [4.78, 5) is 29.7. The van der Waals surface area contributed by atoms with E-state index < -0.39 is 5.97 Å². The van der Waals surface area contributed by atoms with Gasteiger partial charge < -0.3 is 9.15 Å². The zero-order chi connectivity index (χ0) is 18.5. The fourth-order valence-electron chi connectivity index (χ4n) is 2.60. The Labute approximate surface area is 149 Å². The van der Waals surface area contributed by atoms with E-state index in [1.807, 2.05) is 6.07 Å². The number of ketones is 1. The highest BCUT2D eigenvalue weighted by molar-refractivity contribution is 5.99. The normalized spacial score (nSPS) is 10.7. The van der Waals surface area contributed by atoms with Gasteiger partial charge in [0.05, 0.1) is 25.2 Å². The number of carbonyl (C=O) groups is 2. The molecule has 0 spiro atoms. The van der Waals surface area contributed by atoms with Gasteiger partial charge in [0.2, 0.25) is 0 Å². The number of carbonyl (C=O) groups excluding carboxylic acids is 2. The minimum Gasteiger partial charge on any atom is -0.464 e. The van der Waals surface area contributed by atoms with Crippen molar-refractivity contribution in [3.8, 4) is 5.69 Å². The molecule has 1 aromatic carbocycles. The van der Waals surface area contributed by atoms with Crippen LogP contribution in [0.1, 0.15) is 45.3 Å². The average molecular weight is 354 g/mol. The van der Waals surface area contributed by atoms with Crippen molar-refractivity contribution in [1.82, 2.24) is 20.0 Å². The first-order chi connectivity index (χ1) is 12.6. The smallest absolute Gasteiger partial charge is 0.360 e. The first kappa shape index (κ1) is 17.5. The number of esters is 1. The molecule has 2 aromatic heterocycles. The van der Waals surface area contributed by atoms with Crippen LogP contribution in [0.25, 0.3) is 5.69 Å². The maximum absolute atomic E-state index is 12.6. The lowest BCUT2D eigenvalue weighted by Gasteiger charge is -2.07. The molecule has 0 aliphatic rings. The molecule has 0 unspecified atom stereocenters. The standard InChI is InChI=1S/C18H18N4O4/c1-12-17(18(24)25-2)21-16(26-12)9-5-8-15(23)13-6-3-4-7-14(13)22-19-10-11-20-22/h3-4,6-7,10-11H,5,8-9H2,1-2H3. The Morgan fingerprint density at radius 3 is 2.65 bits per heavy atom. The van der Waals surface area contributed by atoms with Crippen LogP contribution in [0.5, 0.6) is 0 Å². The van der Waals surface area contributed by atoms with Crippen molar-refractivity contribution in [2.24, 2.45) is 0 Å². The van der Waals surface area contributed by atoms with Crippen molar-refractivity contribution in [3.05, 3.63) is 59.6 Å². The molecule has 0 radical (unpaired) electrons. The molecule has 0 atom stereocenters. The third-order valence-corrected chi connectivity index (χ3v) is 3.85. The van der Waals surface area contributed by atoms with E-state index in [0.717, 1.165) is 0 Å². The van der Waals surface area contributed by atoms with E-state index in [1.54, 1.807) is 37.5 Å². The number of nitrogens with zero attached hydrogens (tertiary/aromatic N) is 4. The van der Waals surface area contributed by atoms with Gasteiger partial charge in [-0.25, -0.2) is 9.78 Å². The fraction of sp³-hybridized carbons (Fsp3) is 0.278. The Morgan fingerprint density at radius 2 is 1.92 bits per heavy atom. The highest BCUT2D eigenvalue weighted by Gasteiger charge is 2.18. The van der Waals surface area contributed by atoms with Crippen LogP contribution >= 0.6 is 0 Å². The monoisotopic (exact) mass is 354 g/mol. The number of para-hydroxylation sites is 1. The molecule has 0 bridgehead atoms. The fourth-order valence-corrected chi connectivity index (χ4v) is 2.60. The van der Waals surface area contributed by atoms with Gasteiger partial charge in [-0.2, -0.15) is 15.0 Å². The Bertz CT molecular complexity index is 915. The summed E-state index contributed by atoms with van der Waals surface area (Å²) in [6, 6.07) is 7.19. The Kier molecular flexibility index (Phi) is 5.21. The van der Waals surface area contributed by atoms with Crippen molar-refractivity contribution in [1.29, 1.82) is 0 Å². The third-order valence-electron chi connectivity index (χ3n) is 3.85. The molecule has 0 aliphatic carbocycles. The zero-order valence-electron chi connectivity index (χ0n) is 14.5. The number of hydrogen-bond donors (Lipinski definition) is 0. The van der Waals surface area contributed by atoms with E-state index in [4.69, 9.17) is 4.42 Å². The van der Waals surface area contributed by atoms with E-state index >= 15 is 0 Å². The molecular formula is C18H18N4O4. The number of aromatic nitrogens is 4. The lowest BCUT2D eigenvalue weighted by atomic mass is 10.0. The molecule has 134 valence electrons. The van der Waals surface area contributed by atoms with Crippen LogP contribution in [0.2, 0.25) is 0 Å². The Hall–Kier alpha value is -3.29. The van der Waals surface area contributed by atoms with Gasteiger partial charge in [-0.15, -0.1) is 0 Å². The highest BCUT2D eigenvalue weighted by atomic mass is 16.5. The van der Waals surface area contributed by atoms with Crippen LogP contribution in [0, 0.1) is 6.92 Å². The van der Waals surface area contributed by atoms with Gasteiger partial charge in [0.25, 0.3) is 0 Å². The highest BCUT2D eigenvalue weighted by Crippen LogP contribution is 2.17. The topological polar surface area (TPSA) is 100 Å². The Morgan fingerprint density at radius 1 is 1.19 bits per heavy atom.